The maximum atomic E-state index is 12.8. The molecule has 0 radical (unpaired) electrons. The monoisotopic (exact) mass is 412 g/mol. The predicted octanol–water partition coefficient (Wildman–Crippen LogP) is 3.74. The summed E-state index contributed by atoms with van der Waals surface area (Å²) in [6.07, 6.45) is 4.06. The normalized spacial score (nSPS) is 20.3. The molecular weight excluding hydrogens is 384 g/mol. The Morgan fingerprint density at radius 1 is 1.24 bits per heavy atom. The van der Waals surface area contributed by atoms with E-state index in [4.69, 9.17) is 0 Å². The van der Waals surface area contributed by atoms with Gasteiger partial charge >= 0.3 is 0 Å². The number of likely N-dealkylation sites (tertiary alicyclic amines) is 1. The Balaban J connectivity index is 1.37. The molecule has 1 aromatic carbocycles. The first-order valence-electron chi connectivity index (χ1n) is 10.4. The molecule has 29 heavy (non-hydrogen) atoms. The number of rotatable bonds is 5. The molecule has 154 valence electrons. The third-order valence-corrected chi connectivity index (χ3v) is 6.79. The summed E-state index contributed by atoms with van der Waals surface area (Å²) >= 11 is 1.46. The summed E-state index contributed by atoms with van der Waals surface area (Å²) in [5.74, 6) is -0.467. The summed E-state index contributed by atoms with van der Waals surface area (Å²) < 4.78 is 0. The number of aromatic nitrogens is 1. The van der Waals surface area contributed by atoms with Crippen molar-refractivity contribution in [2.45, 2.75) is 46.1 Å². The zero-order valence-corrected chi connectivity index (χ0v) is 17.9. The van der Waals surface area contributed by atoms with E-state index in [1.807, 2.05) is 37.4 Å². The summed E-state index contributed by atoms with van der Waals surface area (Å²) in [4.78, 5) is 34.1. The molecule has 1 unspecified atom stereocenters. The molecule has 1 atom stereocenters. The van der Waals surface area contributed by atoms with Crippen molar-refractivity contribution in [1.82, 2.24) is 9.88 Å². The number of thiazole rings is 1. The van der Waals surface area contributed by atoms with Crippen LogP contribution in [0.3, 0.4) is 0 Å². The molecule has 2 aliphatic rings. The zero-order valence-electron chi connectivity index (χ0n) is 17.1. The smallest absolute Gasteiger partial charge is 0.231 e. The molecule has 0 saturated carbocycles. The maximum Gasteiger partial charge on any atom is 0.231 e. The van der Waals surface area contributed by atoms with Crippen LogP contribution in [0.5, 0.6) is 0 Å². The van der Waals surface area contributed by atoms with Crippen LogP contribution in [-0.4, -0.2) is 41.3 Å². The number of aryl methyl sites for hydroxylation is 1. The van der Waals surface area contributed by atoms with Crippen LogP contribution in [0.4, 0.5) is 10.8 Å². The number of nitrogens with zero attached hydrogens (tertiary/aromatic N) is 3. The van der Waals surface area contributed by atoms with Gasteiger partial charge in [-0.25, -0.2) is 4.98 Å². The van der Waals surface area contributed by atoms with Crippen LogP contribution in [0.2, 0.25) is 0 Å². The highest BCUT2D eigenvalue weighted by atomic mass is 32.1. The lowest BCUT2D eigenvalue weighted by atomic mass is 10.1. The topological polar surface area (TPSA) is 65.5 Å². The standard InChI is InChI=1S/C22H28N4O2S/c1-15-7-6-8-19(16(15)2)26-12-17(11-20(26)27)21(28)24-22-23-18(14-29-22)13-25-9-4-3-5-10-25/h6-8,14,17H,3-5,9-13H2,1-2H3,(H,23,24,28). The average molecular weight is 413 g/mol. The Morgan fingerprint density at radius 2 is 2.03 bits per heavy atom. The number of anilines is 2. The Labute approximate surface area is 175 Å². The van der Waals surface area contributed by atoms with Crippen LogP contribution in [0, 0.1) is 19.8 Å². The van der Waals surface area contributed by atoms with Crippen molar-refractivity contribution in [3.63, 3.8) is 0 Å². The van der Waals surface area contributed by atoms with Crippen molar-refractivity contribution in [2.75, 3.05) is 29.9 Å². The molecule has 0 aliphatic carbocycles. The van der Waals surface area contributed by atoms with Gasteiger partial charge in [-0.05, 0) is 57.0 Å². The Hall–Kier alpha value is -2.25. The van der Waals surface area contributed by atoms with Crippen molar-refractivity contribution in [1.29, 1.82) is 0 Å². The minimum Gasteiger partial charge on any atom is -0.311 e. The molecule has 0 spiro atoms. The first-order valence-corrected chi connectivity index (χ1v) is 11.2. The molecule has 0 bridgehead atoms. The Kier molecular flexibility index (Phi) is 5.96. The summed E-state index contributed by atoms with van der Waals surface area (Å²) in [6.45, 7) is 7.56. The fourth-order valence-electron chi connectivity index (χ4n) is 4.14. The minimum atomic E-state index is -0.350. The van der Waals surface area contributed by atoms with Crippen LogP contribution in [0.1, 0.15) is 42.5 Å². The number of benzene rings is 1. The van der Waals surface area contributed by atoms with Crippen LogP contribution in [0.25, 0.3) is 0 Å². The van der Waals surface area contributed by atoms with Gasteiger partial charge in [0.15, 0.2) is 5.13 Å². The number of piperidine rings is 1. The molecule has 2 amide bonds. The molecule has 7 heteroatoms. The second-order valence-corrected chi connectivity index (χ2v) is 8.95. The second kappa shape index (κ2) is 8.63. The van der Waals surface area contributed by atoms with Gasteiger partial charge in [0.2, 0.25) is 11.8 Å². The van der Waals surface area contributed by atoms with Crippen LogP contribution in [0.15, 0.2) is 23.6 Å². The highest BCUT2D eigenvalue weighted by Gasteiger charge is 2.36. The SMILES string of the molecule is Cc1cccc(N2CC(C(=O)Nc3nc(CN4CCCCC4)cs3)CC2=O)c1C. The second-order valence-electron chi connectivity index (χ2n) is 8.09. The predicted molar refractivity (Wildman–Crippen MR) is 116 cm³/mol. The molecule has 2 aromatic rings. The third kappa shape index (κ3) is 4.51. The quantitative estimate of drug-likeness (QED) is 0.813. The maximum absolute atomic E-state index is 12.8. The molecular formula is C22H28N4O2S. The number of hydrogen-bond acceptors (Lipinski definition) is 5. The van der Waals surface area contributed by atoms with Gasteiger partial charge in [0.25, 0.3) is 0 Å². The van der Waals surface area contributed by atoms with E-state index < -0.39 is 0 Å². The zero-order chi connectivity index (χ0) is 20.4. The Morgan fingerprint density at radius 3 is 2.83 bits per heavy atom. The van der Waals surface area contributed by atoms with Crippen molar-refractivity contribution in [3.05, 3.63) is 40.4 Å². The summed E-state index contributed by atoms with van der Waals surface area (Å²) in [5, 5.41) is 5.58. The van der Waals surface area contributed by atoms with Gasteiger partial charge in [0.05, 0.1) is 11.6 Å². The molecule has 3 heterocycles. The lowest BCUT2D eigenvalue weighted by Gasteiger charge is -2.25. The van der Waals surface area contributed by atoms with Crippen LogP contribution in [-0.2, 0) is 16.1 Å². The molecule has 1 N–H and O–H groups in total. The van der Waals surface area contributed by atoms with Gasteiger partial charge < -0.3 is 10.2 Å². The van der Waals surface area contributed by atoms with Crippen molar-refractivity contribution in [2.24, 2.45) is 5.92 Å². The summed E-state index contributed by atoms with van der Waals surface area (Å²) in [7, 11) is 0. The first kappa shape index (κ1) is 20.0. The van der Waals surface area contributed by atoms with E-state index in [2.05, 4.69) is 15.2 Å². The fraction of sp³-hybridized carbons (Fsp3) is 0.500. The number of carbonyl (C=O) groups excluding carboxylic acids is 2. The minimum absolute atomic E-state index is 0.00350. The van der Waals surface area contributed by atoms with Crippen LogP contribution >= 0.6 is 11.3 Å². The highest BCUT2D eigenvalue weighted by Crippen LogP contribution is 2.30. The van der Waals surface area contributed by atoms with E-state index >= 15 is 0 Å². The molecule has 1 aromatic heterocycles. The van der Waals surface area contributed by atoms with Gasteiger partial charge in [-0.15, -0.1) is 11.3 Å². The van der Waals surface area contributed by atoms with Crippen molar-refractivity contribution in [3.8, 4) is 0 Å². The number of hydrogen-bond donors (Lipinski definition) is 1. The van der Waals surface area contributed by atoms with Crippen molar-refractivity contribution < 1.29 is 9.59 Å². The van der Waals surface area contributed by atoms with Crippen molar-refractivity contribution >= 4 is 34.0 Å². The van der Waals surface area contributed by atoms with E-state index in [0.29, 0.717) is 11.7 Å². The molecule has 6 nitrogen and oxygen atoms in total. The number of nitrogens with one attached hydrogen (secondary N) is 1. The van der Waals surface area contributed by atoms with E-state index in [9.17, 15) is 9.59 Å². The number of amides is 2. The highest BCUT2D eigenvalue weighted by molar-refractivity contribution is 7.13. The lowest BCUT2D eigenvalue weighted by Crippen LogP contribution is -2.29. The molecule has 4 rings (SSSR count). The Bertz CT molecular complexity index is 904. The van der Waals surface area contributed by atoms with E-state index in [0.717, 1.165) is 42.1 Å². The number of carbonyl (C=O) groups is 2. The molecule has 2 saturated heterocycles. The molecule has 2 fully saturated rings. The summed E-state index contributed by atoms with van der Waals surface area (Å²) in [6, 6.07) is 5.94. The van der Waals surface area contributed by atoms with Gasteiger partial charge in [-0.3, -0.25) is 14.5 Å². The third-order valence-electron chi connectivity index (χ3n) is 5.98. The van der Waals surface area contributed by atoms with Gasteiger partial charge in [0.1, 0.15) is 0 Å². The molecule has 2 aliphatic heterocycles. The van der Waals surface area contributed by atoms with E-state index in [-0.39, 0.29) is 24.2 Å². The van der Waals surface area contributed by atoms with Gasteiger partial charge in [-0.1, -0.05) is 18.6 Å². The van der Waals surface area contributed by atoms with E-state index in [1.165, 1.54) is 30.6 Å². The first-order chi connectivity index (χ1) is 14.0. The van der Waals surface area contributed by atoms with E-state index in [1.54, 1.807) is 4.90 Å². The average Bonchev–Trinajstić information content (AvgIpc) is 3.31. The van der Waals surface area contributed by atoms with Crippen LogP contribution < -0.4 is 10.2 Å². The lowest BCUT2D eigenvalue weighted by molar-refractivity contribution is -0.122. The summed E-state index contributed by atoms with van der Waals surface area (Å²) in [5.41, 5.74) is 4.14. The largest absolute Gasteiger partial charge is 0.311 e. The van der Waals surface area contributed by atoms with Gasteiger partial charge in [-0.2, -0.15) is 0 Å². The van der Waals surface area contributed by atoms with Gasteiger partial charge in [0, 0.05) is 30.6 Å². The fourth-order valence-corrected chi connectivity index (χ4v) is 4.84.